The van der Waals surface area contributed by atoms with Gasteiger partial charge in [0.15, 0.2) is 0 Å². The van der Waals surface area contributed by atoms with Crippen molar-refractivity contribution in [2.24, 2.45) is 0 Å². The Kier molecular flexibility index (Phi) is 5.24. The Morgan fingerprint density at radius 1 is 1.17 bits per heavy atom. The molecule has 2 nitrogen and oxygen atoms in total. The quantitative estimate of drug-likeness (QED) is 0.791. The molecule has 5 heteroatoms. The van der Waals surface area contributed by atoms with Gasteiger partial charge in [0, 0.05) is 28.2 Å². The minimum absolute atomic E-state index is 0.198. The molecule has 0 amide bonds. The van der Waals surface area contributed by atoms with E-state index in [2.05, 4.69) is 43.2 Å². The Hall–Kier alpha value is -0.360. The van der Waals surface area contributed by atoms with Gasteiger partial charge in [-0.1, -0.05) is 12.1 Å². The van der Waals surface area contributed by atoms with Gasteiger partial charge in [-0.05, 0) is 62.0 Å². The van der Waals surface area contributed by atoms with E-state index >= 15 is 0 Å². The van der Waals surface area contributed by atoms with Gasteiger partial charge in [-0.2, -0.15) is 0 Å². The molecule has 0 aliphatic heterocycles. The van der Waals surface area contributed by atoms with Crippen LogP contribution in [0, 0.1) is 0 Å². The molecule has 0 aliphatic rings. The summed E-state index contributed by atoms with van der Waals surface area (Å²) in [5, 5.41) is 12.2. The molecule has 0 saturated carbocycles. The number of anilines is 1. The first-order valence-electron chi connectivity index (χ1n) is 5.56. The third kappa shape index (κ3) is 3.82. The van der Waals surface area contributed by atoms with Gasteiger partial charge < -0.3 is 10.4 Å². The zero-order valence-electron chi connectivity index (χ0n) is 9.62. The molecule has 2 N–H and O–H groups in total. The van der Waals surface area contributed by atoms with E-state index in [1.54, 1.807) is 11.3 Å². The average molecular weight is 391 g/mol. The minimum atomic E-state index is 0.198. The Bertz CT molecular complexity index is 491. The highest BCUT2D eigenvalue weighted by molar-refractivity contribution is 9.13. The van der Waals surface area contributed by atoms with Crippen LogP contribution in [0.3, 0.4) is 0 Å². The number of thiophene rings is 1. The average Bonchev–Trinajstić information content (AvgIpc) is 2.68. The molecular weight excluding hydrogens is 378 g/mol. The van der Waals surface area contributed by atoms with E-state index in [0.29, 0.717) is 6.42 Å². The third-order valence-corrected chi connectivity index (χ3v) is 5.77. The van der Waals surface area contributed by atoms with Gasteiger partial charge in [-0.3, -0.25) is 0 Å². The van der Waals surface area contributed by atoms with Gasteiger partial charge in [0.2, 0.25) is 0 Å². The summed E-state index contributed by atoms with van der Waals surface area (Å²) in [6.07, 6.45) is 0.713. The van der Waals surface area contributed by atoms with E-state index < -0.39 is 0 Å². The SMILES string of the molecule is OCCc1ccc(NCc2cc(Br)c(Br)s2)cc1. The number of rotatable bonds is 5. The van der Waals surface area contributed by atoms with Gasteiger partial charge in [-0.25, -0.2) is 0 Å². The molecule has 2 aromatic rings. The van der Waals surface area contributed by atoms with Gasteiger partial charge in [0.25, 0.3) is 0 Å². The molecule has 0 aliphatic carbocycles. The number of aliphatic hydroxyl groups is 1. The maximum absolute atomic E-state index is 8.85. The van der Waals surface area contributed by atoms with Crippen molar-refractivity contribution in [1.29, 1.82) is 0 Å². The van der Waals surface area contributed by atoms with Crippen LogP contribution in [0.1, 0.15) is 10.4 Å². The molecule has 1 aromatic carbocycles. The molecular formula is C13H13Br2NOS. The molecule has 0 radical (unpaired) electrons. The van der Waals surface area contributed by atoms with Crippen LogP contribution >= 0.6 is 43.2 Å². The number of benzene rings is 1. The lowest BCUT2D eigenvalue weighted by Crippen LogP contribution is -1.97. The van der Waals surface area contributed by atoms with Crippen LogP contribution < -0.4 is 5.32 Å². The number of nitrogens with one attached hydrogen (secondary N) is 1. The Morgan fingerprint density at radius 3 is 2.44 bits per heavy atom. The normalized spacial score (nSPS) is 10.6. The second-order valence-corrected chi connectivity index (χ2v) is 7.17. The van der Waals surface area contributed by atoms with Gasteiger partial charge in [0.1, 0.15) is 0 Å². The summed E-state index contributed by atoms with van der Waals surface area (Å²) in [7, 11) is 0. The minimum Gasteiger partial charge on any atom is -0.396 e. The van der Waals surface area contributed by atoms with Crippen molar-refractivity contribution in [3.63, 3.8) is 0 Å². The monoisotopic (exact) mass is 389 g/mol. The summed E-state index contributed by atoms with van der Waals surface area (Å²) in [6.45, 7) is 1.01. The van der Waals surface area contributed by atoms with Crippen LogP contribution in [0.2, 0.25) is 0 Å². The van der Waals surface area contributed by atoms with E-state index in [-0.39, 0.29) is 6.61 Å². The molecule has 1 heterocycles. The molecule has 2 rings (SSSR count). The molecule has 96 valence electrons. The second kappa shape index (κ2) is 6.70. The fourth-order valence-corrected chi connectivity index (χ4v) is 3.70. The summed E-state index contributed by atoms with van der Waals surface area (Å²) >= 11 is 8.69. The lowest BCUT2D eigenvalue weighted by atomic mass is 10.1. The zero-order chi connectivity index (χ0) is 13.0. The van der Waals surface area contributed by atoms with E-state index in [9.17, 15) is 0 Å². The summed E-state index contributed by atoms with van der Waals surface area (Å²) < 4.78 is 2.22. The highest BCUT2D eigenvalue weighted by Crippen LogP contribution is 2.32. The van der Waals surface area contributed by atoms with E-state index in [1.165, 1.54) is 4.88 Å². The topological polar surface area (TPSA) is 32.3 Å². The van der Waals surface area contributed by atoms with E-state index in [4.69, 9.17) is 5.11 Å². The lowest BCUT2D eigenvalue weighted by Gasteiger charge is -2.05. The maximum Gasteiger partial charge on any atom is 0.0843 e. The van der Waals surface area contributed by atoms with Gasteiger partial charge in [-0.15, -0.1) is 11.3 Å². The number of hydrogen-bond donors (Lipinski definition) is 2. The van der Waals surface area contributed by atoms with Crippen molar-refractivity contribution in [3.05, 3.63) is 49.0 Å². The van der Waals surface area contributed by atoms with Crippen LogP contribution in [0.5, 0.6) is 0 Å². The van der Waals surface area contributed by atoms with Gasteiger partial charge >= 0.3 is 0 Å². The van der Waals surface area contributed by atoms with Crippen LogP contribution in [-0.4, -0.2) is 11.7 Å². The standard InChI is InChI=1S/C13H13Br2NOS/c14-12-7-11(18-13(12)15)8-16-10-3-1-9(2-4-10)5-6-17/h1-4,7,16-17H,5-6,8H2. The molecule has 1 aromatic heterocycles. The van der Waals surface area contributed by atoms with Crippen LogP contribution in [0.25, 0.3) is 0 Å². The molecule has 0 bridgehead atoms. The van der Waals surface area contributed by atoms with Crippen LogP contribution in [0.4, 0.5) is 5.69 Å². The Labute approximate surface area is 127 Å². The number of halogens is 2. The van der Waals surface area contributed by atoms with Crippen molar-refractivity contribution in [2.45, 2.75) is 13.0 Å². The predicted octanol–water partition coefficient (Wildman–Crippen LogP) is 4.42. The molecule has 0 fully saturated rings. The Balaban J connectivity index is 1.93. The number of aliphatic hydroxyl groups excluding tert-OH is 1. The molecule has 0 saturated heterocycles. The van der Waals surface area contributed by atoms with E-state index in [0.717, 1.165) is 26.1 Å². The summed E-state index contributed by atoms with van der Waals surface area (Å²) in [4.78, 5) is 1.27. The first kappa shape index (κ1) is 14.1. The molecule has 0 atom stereocenters. The highest BCUT2D eigenvalue weighted by Gasteiger charge is 2.03. The largest absolute Gasteiger partial charge is 0.396 e. The van der Waals surface area contributed by atoms with Crippen molar-refractivity contribution in [2.75, 3.05) is 11.9 Å². The maximum atomic E-state index is 8.85. The lowest BCUT2D eigenvalue weighted by molar-refractivity contribution is 0.299. The van der Waals surface area contributed by atoms with E-state index in [1.807, 2.05) is 24.3 Å². The second-order valence-electron chi connectivity index (χ2n) is 3.86. The fraction of sp³-hybridized carbons (Fsp3) is 0.231. The number of hydrogen-bond acceptors (Lipinski definition) is 3. The van der Waals surface area contributed by atoms with Crippen LogP contribution in [0.15, 0.2) is 38.6 Å². The van der Waals surface area contributed by atoms with Gasteiger partial charge in [0.05, 0.1) is 3.79 Å². The fourth-order valence-electron chi connectivity index (χ4n) is 1.59. The zero-order valence-corrected chi connectivity index (χ0v) is 13.6. The first-order chi connectivity index (χ1) is 8.69. The predicted molar refractivity (Wildman–Crippen MR) is 84.3 cm³/mol. The van der Waals surface area contributed by atoms with Crippen molar-refractivity contribution >= 4 is 48.9 Å². The summed E-state index contributed by atoms with van der Waals surface area (Å²) in [6, 6.07) is 10.3. The van der Waals surface area contributed by atoms with Crippen LogP contribution in [-0.2, 0) is 13.0 Å². The third-order valence-electron chi connectivity index (χ3n) is 2.52. The first-order valence-corrected chi connectivity index (χ1v) is 7.96. The molecule has 0 spiro atoms. The molecule has 18 heavy (non-hydrogen) atoms. The van der Waals surface area contributed by atoms with Crippen molar-refractivity contribution < 1.29 is 5.11 Å². The molecule has 0 unspecified atom stereocenters. The van der Waals surface area contributed by atoms with Crippen molar-refractivity contribution in [1.82, 2.24) is 0 Å². The smallest absolute Gasteiger partial charge is 0.0843 e. The highest BCUT2D eigenvalue weighted by atomic mass is 79.9. The Morgan fingerprint density at radius 2 is 1.89 bits per heavy atom. The summed E-state index contributed by atoms with van der Waals surface area (Å²) in [5.74, 6) is 0. The van der Waals surface area contributed by atoms with Crippen molar-refractivity contribution in [3.8, 4) is 0 Å². The summed E-state index contributed by atoms with van der Waals surface area (Å²) in [5.41, 5.74) is 2.25.